The van der Waals surface area contributed by atoms with Gasteiger partial charge >= 0.3 is 6.72 Å². The lowest BCUT2D eigenvalue weighted by molar-refractivity contribution is -0.0296. The second-order valence-corrected chi connectivity index (χ2v) is 17.6. The average Bonchev–Trinajstić information content (AvgIpc) is 3.16. The maximum atomic E-state index is 10.5. The minimum Gasteiger partial charge on any atom is -0.379 e. The standard InChI is InChI=1S/C44H87O7PS/c1-5-7-9-11-13-15-17-19-21-23-25-27-29-31-33-35-37-48-39-43(46-3)41-50-52(45,53)51-42-44(47-4)40-49-38-36-34-32-30-28-26-24-22-20-18-16-14-12-10-8-6-2/h19-22,43-44H,5-18,23-42H2,1-4H3,(H,45,53)/b21-19-,22-20-. The van der Waals surface area contributed by atoms with Crippen LogP contribution in [0.3, 0.4) is 0 Å². The van der Waals surface area contributed by atoms with Crippen molar-refractivity contribution in [3.63, 3.8) is 0 Å². The highest BCUT2D eigenvalue weighted by Crippen LogP contribution is 2.44. The lowest BCUT2D eigenvalue weighted by atomic mass is 10.1. The van der Waals surface area contributed by atoms with Crippen molar-refractivity contribution in [3.8, 4) is 0 Å². The molecule has 0 radical (unpaired) electrons. The van der Waals surface area contributed by atoms with E-state index in [4.69, 9.17) is 39.8 Å². The van der Waals surface area contributed by atoms with E-state index in [0.717, 1.165) is 12.8 Å². The van der Waals surface area contributed by atoms with Gasteiger partial charge in [0.2, 0.25) is 0 Å². The highest BCUT2D eigenvalue weighted by Gasteiger charge is 2.21. The molecule has 0 saturated carbocycles. The first-order chi connectivity index (χ1) is 26.0. The molecular formula is C44H87O7PS. The van der Waals surface area contributed by atoms with E-state index in [0.29, 0.717) is 26.4 Å². The first-order valence-corrected chi connectivity index (χ1v) is 24.7. The Labute approximate surface area is 334 Å². The van der Waals surface area contributed by atoms with Gasteiger partial charge in [-0.3, -0.25) is 0 Å². The zero-order valence-electron chi connectivity index (χ0n) is 35.3. The highest BCUT2D eigenvalue weighted by molar-refractivity contribution is 8.07. The molecule has 0 aromatic heterocycles. The van der Waals surface area contributed by atoms with E-state index in [-0.39, 0.29) is 25.4 Å². The van der Waals surface area contributed by atoms with Gasteiger partial charge in [-0.05, 0) is 76.0 Å². The minimum absolute atomic E-state index is 0.113. The van der Waals surface area contributed by atoms with Crippen LogP contribution in [-0.4, -0.2) is 71.0 Å². The van der Waals surface area contributed by atoms with Gasteiger partial charge in [0.25, 0.3) is 0 Å². The molecule has 0 aliphatic rings. The Bertz CT molecular complexity index is 766. The summed E-state index contributed by atoms with van der Waals surface area (Å²) < 4.78 is 33.7. The number of allylic oxidation sites excluding steroid dienone is 4. The van der Waals surface area contributed by atoms with Gasteiger partial charge in [0, 0.05) is 27.4 Å². The third-order valence-electron chi connectivity index (χ3n) is 9.72. The quantitative estimate of drug-likeness (QED) is 0.0371. The van der Waals surface area contributed by atoms with E-state index in [9.17, 15) is 4.89 Å². The Kier molecular flexibility index (Phi) is 42.9. The van der Waals surface area contributed by atoms with Gasteiger partial charge in [-0.25, -0.2) is 0 Å². The molecule has 7 nitrogen and oxygen atoms in total. The first kappa shape index (κ1) is 52.9. The Balaban J connectivity index is 3.71. The van der Waals surface area contributed by atoms with Crippen molar-refractivity contribution in [2.75, 3.05) is 53.9 Å². The number of unbranched alkanes of at least 4 members (excludes halogenated alkanes) is 24. The van der Waals surface area contributed by atoms with Gasteiger partial charge in [0.05, 0.1) is 26.4 Å². The Morgan fingerprint density at radius 3 is 1.02 bits per heavy atom. The van der Waals surface area contributed by atoms with Gasteiger partial charge in [0.1, 0.15) is 12.2 Å². The first-order valence-electron chi connectivity index (χ1n) is 22.1. The van der Waals surface area contributed by atoms with E-state index < -0.39 is 6.72 Å². The summed E-state index contributed by atoms with van der Waals surface area (Å²) in [6.07, 6.45) is 45.0. The lowest BCUT2D eigenvalue weighted by Crippen LogP contribution is -2.26. The predicted molar refractivity (Wildman–Crippen MR) is 231 cm³/mol. The molecular weight excluding hydrogens is 704 g/mol. The molecule has 0 saturated heterocycles. The van der Waals surface area contributed by atoms with E-state index in [1.807, 2.05) is 0 Å². The molecule has 2 atom stereocenters. The van der Waals surface area contributed by atoms with E-state index in [1.54, 1.807) is 14.2 Å². The zero-order chi connectivity index (χ0) is 38.8. The lowest BCUT2D eigenvalue weighted by Gasteiger charge is -2.22. The number of hydrogen-bond donors (Lipinski definition) is 1. The van der Waals surface area contributed by atoms with Gasteiger partial charge in [-0.1, -0.05) is 154 Å². The Morgan fingerprint density at radius 1 is 0.434 bits per heavy atom. The number of rotatable bonds is 44. The Hall–Kier alpha value is -0.150. The van der Waals surface area contributed by atoms with Crippen molar-refractivity contribution in [3.05, 3.63) is 24.3 Å². The van der Waals surface area contributed by atoms with E-state index in [2.05, 4.69) is 38.2 Å². The second kappa shape index (κ2) is 43.0. The van der Waals surface area contributed by atoms with E-state index >= 15 is 0 Å². The molecule has 1 N–H and O–H groups in total. The minimum atomic E-state index is -3.43. The fourth-order valence-electron chi connectivity index (χ4n) is 6.09. The molecule has 2 unspecified atom stereocenters. The van der Waals surface area contributed by atoms with Crippen molar-refractivity contribution in [2.24, 2.45) is 0 Å². The average molecular weight is 791 g/mol. The summed E-state index contributed by atoms with van der Waals surface area (Å²) in [6, 6.07) is 0. The van der Waals surface area contributed by atoms with Gasteiger partial charge in [-0.2, -0.15) is 0 Å². The fraction of sp³-hybridized carbons (Fsp3) is 0.909. The molecule has 0 heterocycles. The molecule has 0 aromatic carbocycles. The molecule has 0 rings (SSSR count). The number of methoxy groups -OCH3 is 2. The largest absolute Gasteiger partial charge is 0.379 e. The molecule has 316 valence electrons. The van der Waals surface area contributed by atoms with Crippen molar-refractivity contribution in [2.45, 2.75) is 206 Å². The summed E-state index contributed by atoms with van der Waals surface area (Å²) in [4.78, 5) is 10.5. The number of hydrogen-bond acceptors (Lipinski definition) is 7. The molecule has 0 amide bonds. The molecule has 0 bridgehead atoms. The molecule has 0 aromatic rings. The summed E-state index contributed by atoms with van der Waals surface area (Å²) in [6.45, 7) is 3.51. The second-order valence-electron chi connectivity index (χ2n) is 14.8. The Morgan fingerprint density at radius 2 is 0.717 bits per heavy atom. The van der Waals surface area contributed by atoms with Crippen LogP contribution in [0.4, 0.5) is 0 Å². The monoisotopic (exact) mass is 791 g/mol. The van der Waals surface area contributed by atoms with Crippen LogP contribution in [0, 0.1) is 0 Å². The third-order valence-corrected chi connectivity index (χ3v) is 11.3. The van der Waals surface area contributed by atoms with Crippen molar-refractivity contribution < 1.29 is 32.9 Å². The SMILES string of the molecule is CCCCCCCC/C=C\CCCCCCCCOCC(COP(O)(=S)OCC(COCCCCCCCC/C=C\CCCCCCCC)OC)OC. The summed E-state index contributed by atoms with van der Waals surface area (Å²) in [5, 5.41) is 0. The molecule has 0 fully saturated rings. The highest BCUT2D eigenvalue weighted by atomic mass is 32.5. The van der Waals surface area contributed by atoms with Crippen LogP contribution < -0.4 is 0 Å². The van der Waals surface area contributed by atoms with Crippen molar-refractivity contribution in [1.82, 2.24) is 0 Å². The zero-order valence-corrected chi connectivity index (χ0v) is 37.0. The summed E-state index contributed by atoms with van der Waals surface area (Å²) >= 11 is 5.22. The predicted octanol–water partition coefficient (Wildman–Crippen LogP) is 13.4. The smallest absolute Gasteiger partial charge is 0.324 e. The van der Waals surface area contributed by atoms with Crippen LogP contribution in [0.5, 0.6) is 0 Å². The molecule has 0 spiro atoms. The van der Waals surface area contributed by atoms with Crippen LogP contribution in [0.1, 0.15) is 194 Å². The van der Waals surface area contributed by atoms with Gasteiger partial charge in [-0.15, -0.1) is 0 Å². The van der Waals surface area contributed by atoms with Crippen LogP contribution in [0.2, 0.25) is 0 Å². The van der Waals surface area contributed by atoms with E-state index in [1.165, 1.54) is 167 Å². The van der Waals surface area contributed by atoms with Crippen molar-refractivity contribution >= 4 is 18.5 Å². The molecule has 0 aliphatic heterocycles. The number of ether oxygens (including phenoxy) is 4. The van der Waals surface area contributed by atoms with Crippen molar-refractivity contribution in [1.29, 1.82) is 0 Å². The van der Waals surface area contributed by atoms with Gasteiger partial charge < -0.3 is 32.9 Å². The fourth-order valence-corrected chi connectivity index (χ4v) is 7.24. The third kappa shape index (κ3) is 41.3. The topological polar surface area (TPSA) is 75.6 Å². The van der Waals surface area contributed by atoms with Crippen LogP contribution in [0.25, 0.3) is 0 Å². The maximum absolute atomic E-state index is 10.5. The van der Waals surface area contributed by atoms with Gasteiger partial charge in [0.15, 0.2) is 0 Å². The normalized spacial score (nSPS) is 14.4. The molecule has 0 aliphatic carbocycles. The molecule has 53 heavy (non-hydrogen) atoms. The molecule has 9 heteroatoms. The van der Waals surface area contributed by atoms with Crippen LogP contribution >= 0.6 is 6.72 Å². The summed E-state index contributed by atoms with van der Waals surface area (Å²) in [5.74, 6) is 0. The van der Waals surface area contributed by atoms with Crippen LogP contribution in [0.15, 0.2) is 24.3 Å². The maximum Gasteiger partial charge on any atom is 0.324 e. The summed E-state index contributed by atoms with van der Waals surface area (Å²) in [5.41, 5.74) is 0. The summed E-state index contributed by atoms with van der Waals surface area (Å²) in [7, 11) is 3.22. The van der Waals surface area contributed by atoms with Crippen LogP contribution in [-0.2, 0) is 39.8 Å².